The fourth-order valence-corrected chi connectivity index (χ4v) is 3.43. The molecule has 0 bridgehead atoms. The summed E-state index contributed by atoms with van der Waals surface area (Å²) >= 11 is 1.48. The molecule has 0 spiro atoms. The van der Waals surface area contributed by atoms with E-state index in [2.05, 4.69) is 27.3 Å². The maximum atomic E-state index is 11.8. The lowest BCUT2D eigenvalue weighted by atomic mass is 10.1. The van der Waals surface area contributed by atoms with Gasteiger partial charge in [-0.15, -0.1) is 11.3 Å². The van der Waals surface area contributed by atoms with Gasteiger partial charge in [-0.3, -0.25) is 14.5 Å². The highest BCUT2D eigenvalue weighted by Gasteiger charge is 2.19. The highest BCUT2D eigenvalue weighted by Crippen LogP contribution is 2.16. The first-order valence-electron chi connectivity index (χ1n) is 8.49. The minimum absolute atomic E-state index is 0.0497. The van der Waals surface area contributed by atoms with Crippen LogP contribution in [0, 0.1) is 5.92 Å². The maximum Gasteiger partial charge on any atom is 0.309 e. The molecular formula is C19H25N3O3S. The van der Waals surface area contributed by atoms with Crippen molar-refractivity contribution < 1.29 is 14.3 Å². The van der Waals surface area contributed by atoms with Crippen LogP contribution in [0.5, 0.6) is 0 Å². The van der Waals surface area contributed by atoms with Crippen molar-refractivity contribution in [3.05, 3.63) is 52.0 Å². The minimum atomic E-state index is -0.229. The number of hydrogen-bond acceptors (Lipinski definition) is 6. The fraction of sp³-hybridized carbons (Fsp3) is 0.421. The summed E-state index contributed by atoms with van der Waals surface area (Å²) in [6, 6.07) is 10.1. The Labute approximate surface area is 158 Å². The second-order valence-corrected chi connectivity index (χ2v) is 7.10. The monoisotopic (exact) mass is 375 g/mol. The Morgan fingerprint density at radius 1 is 1.27 bits per heavy atom. The average Bonchev–Trinajstić information content (AvgIpc) is 3.08. The van der Waals surface area contributed by atoms with E-state index < -0.39 is 0 Å². The van der Waals surface area contributed by atoms with E-state index in [4.69, 9.17) is 4.74 Å². The first kappa shape index (κ1) is 20.1. The number of likely N-dealkylation sites (N-methyl/N-ethyl adjacent to an activating group) is 1. The van der Waals surface area contributed by atoms with Crippen molar-refractivity contribution in [2.75, 3.05) is 20.7 Å². The Kier molecular flexibility index (Phi) is 7.74. The number of rotatable bonds is 9. The molecular weight excluding hydrogens is 350 g/mol. The van der Waals surface area contributed by atoms with E-state index in [9.17, 15) is 9.59 Å². The van der Waals surface area contributed by atoms with Crippen LogP contribution in [-0.2, 0) is 33.8 Å². The molecule has 0 saturated heterocycles. The zero-order valence-electron chi connectivity index (χ0n) is 15.4. The van der Waals surface area contributed by atoms with Gasteiger partial charge in [0.25, 0.3) is 0 Å². The third-order valence-corrected chi connectivity index (χ3v) is 4.86. The zero-order chi connectivity index (χ0) is 18.9. The molecule has 1 amide bonds. The molecule has 0 aliphatic carbocycles. The molecule has 1 unspecified atom stereocenters. The molecule has 1 atom stereocenters. The number of esters is 1. The first-order valence-corrected chi connectivity index (χ1v) is 9.37. The number of benzene rings is 1. The highest BCUT2D eigenvalue weighted by molar-refractivity contribution is 7.09. The van der Waals surface area contributed by atoms with E-state index in [1.54, 1.807) is 7.05 Å². The lowest BCUT2D eigenvalue weighted by Gasteiger charge is -2.24. The number of carbonyl (C=O) groups excluding carboxylic acids is 2. The van der Waals surface area contributed by atoms with Crippen molar-refractivity contribution >= 4 is 23.2 Å². The van der Waals surface area contributed by atoms with Crippen LogP contribution in [0.3, 0.4) is 0 Å². The Morgan fingerprint density at radius 2 is 2.00 bits per heavy atom. The van der Waals surface area contributed by atoms with Gasteiger partial charge in [-0.2, -0.15) is 0 Å². The predicted molar refractivity (Wildman–Crippen MR) is 102 cm³/mol. The number of nitrogens with one attached hydrogen (secondary N) is 1. The van der Waals surface area contributed by atoms with Crippen LogP contribution in [-0.4, -0.2) is 42.5 Å². The quantitative estimate of drug-likeness (QED) is 0.681. The minimum Gasteiger partial charge on any atom is -0.469 e. The Bertz CT molecular complexity index is 718. The molecule has 6 nitrogen and oxygen atoms in total. The van der Waals surface area contributed by atoms with Gasteiger partial charge < -0.3 is 10.1 Å². The van der Waals surface area contributed by atoms with Gasteiger partial charge in [0.1, 0.15) is 5.01 Å². The average molecular weight is 375 g/mol. The first-order chi connectivity index (χ1) is 12.5. The van der Waals surface area contributed by atoms with E-state index in [1.807, 2.05) is 30.5 Å². The van der Waals surface area contributed by atoms with Crippen LogP contribution in [0.1, 0.15) is 23.2 Å². The van der Waals surface area contributed by atoms with Gasteiger partial charge in [0.15, 0.2) is 0 Å². The summed E-state index contributed by atoms with van der Waals surface area (Å²) in [6.07, 6.45) is 0.290. The summed E-state index contributed by atoms with van der Waals surface area (Å²) in [4.78, 5) is 30.0. The van der Waals surface area contributed by atoms with Crippen LogP contribution in [0.4, 0.5) is 0 Å². The summed E-state index contributed by atoms with van der Waals surface area (Å²) < 4.78 is 4.85. The van der Waals surface area contributed by atoms with Crippen LogP contribution in [0.2, 0.25) is 0 Å². The van der Waals surface area contributed by atoms with Gasteiger partial charge in [0.05, 0.1) is 25.1 Å². The van der Waals surface area contributed by atoms with Gasteiger partial charge >= 0.3 is 5.97 Å². The summed E-state index contributed by atoms with van der Waals surface area (Å²) in [6.45, 7) is 3.76. The Balaban J connectivity index is 2.07. The molecule has 2 aromatic rings. The SMILES string of the molecule is CNC(=O)Cc1nc(CN(Cc2ccccc2)CC(C)C(=O)OC)cs1. The number of thiazole rings is 1. The largest absolute Gasteiger partial charge is 0.469 e. The lowest BCUT2D eigenvalue weighted by Crippen LogP contribution is -2.32. The fourth-order valence-electron chi connectivity index (χ4n) is 2.65. The van der Waals surface area contributed by atoms with Gasteiger partial charge in [-0.05, 0) is 5.56 Å². The molecule has 0 fully saturated rings. The molecule has 0 radical (unpaired) electrons. The van der Waals surface area contributed by atoms with E-state index in [-0.39, 0.29) is 17.8 Å². The van der Waals surface area contributed by atoms with E-state index >= 15 is 0 Å². The van der Waals surface area contributed by atoms with E-state index in [0.717, 1.165) is 10.7 Å². The van der Waals surface area contributed by atoms with Crippen molar-refractivity contribution in [2.45, 2.75) is 26.4 Å². The van der Waals surface area contributed by atoms with Gasteiger partial charge in [0, 0.05) is 32.1 Å². The van der Waals surface area contributed by atoms with Gasteiger partial charge in [-0.1, -0.05) is 37.3 Å². The van der Waals surface area contributed by atoms with Crippen LogP contribution in [0.15, 0.2) is 35.7 Å². The molecule has 7 heteroatoms. The number of hydrogen-bond donors (Lipinski definition) is 1. The predicted octanol–water partition coefficient (Wildman–Crippen LogP) is 2.24. The Hall–Kier alpha value is -2.25. The number of aromatic nitrogens is 1. The molecule has 1 aromatic heterocycles. The molecule has 0 saturated carbocycles. The van der Waals surface area contributed by atoms with Crippen LogP contribution in [0.25, 0.3) is 0 Å². The summed E-state index contributed by atoms with van der Waals surface area (Å²) in [7, 11) is 3.03. The third-order valence-electron chi connectivity index (χ3n) is 3.96. The topological polar surface area (TPSA) is 71.5 Å². The third kappa shape index (κ3) is 6.24. The van der Waals surface area contributed by atoms with Gasteiger partial charge in [0.2, 0.25) is 5.91 Å². The molecule has 2 rings (SSSR count). The number of nitrogens with zero attached hydrogens (tertiary/aromatic N) is 2. The standard InChI is InChI=1S/C19H25N3O3S/c1-14(19(24)25-3)10-22(11-15-7-5-4-6-8-15)12-16-13-26-18(21-16)9-17(23)20-2/h4-8,13-14H,9-12H2,1-3H3,(H,20,23). The van der Waals surface area contributed by atoms with Crippen molar-refractivity contribution in [1.29, 1.82) is 0 Å². The summed E-state index contributed by atoms with van der Waals surface area (Å²) in [5.41, 5.74) is 2.08. The van der Waals surface area contributed by atoms with Gasteiger partial charge in [-0.25, -0.2) is 4.98 Å². The molecule has 0 aliphatic rings. The Morgan fingerprint density at radius 3 is 2.65 bits per heavy atom. The zero-order valence-corrected chi connectivity index (χ0v) is 16.2. The smallest absolute Gasteiger partial charge is 0.309 e. The molecule has 0 aliphatic heterocycles. The number of methoxy groups -OCH3 is 1. The normalized spacial score (nSPS) is 12.0. The molecule has 1 heterocycles. The lowest BCUT2D eigenvalue weighted by molar-refractivity contribution is -0.145. The number of ether oxygens (including phenoxy) is 1. The second-order valence-electron chi connectivity index (χ2n) is 6.16. The summed E-state index contributed by atoms with van der Waals surface area (Å²) in [5.74, 6) is -0.499. The second kappa shape index (κ2) is 10.0. The molecule has 26 heavy (non-hydrogen) atoms. The van der Waals surface area contributed by atoms with Crippen LogP contribution >= 0.6 is 11.3 Å². The molecule has 140 valence electrons. The van der Waals surface area contributed by atoms with Crippen LogP contribution < -0.4 is 5.32 Å². The highest BCUT2D eigenvalue weighted by atomic mass is 32.1. The molecule has 1 N–H and O–H groups in total. The number of amides is 1. The van der Waals surface area contributed by atoms with E-state index in [0.29, 0.717) is 26.1 Å². The number of carbonyl (C=O) groups is 2. The van der Waals surface area contributed by atoms with Crippen molar-refractivity contribution in [2.24, 2.45) is 5.92 Å². The van der Waals surface area contributed by atoms with E-state index in [1.165, 1.54) is 24.0 Å². The van der Waals surface area contributed by atoms with Crippen molar-refractivity contribution in [1.82, 2.24) is 15.2 Å². The summed E-state index contributed by atoms with van der Waals surface area (Å²) in [5, 5.41) is 5.37. The van der Waals surface area contributed by atoms with Crippen molar-refractivity contribution in [3.63, 3.8) is 0 Å². The maximum absolute atomic E-state index is 11.8. The van der Waals surface area contributed by atoms with Crippen molar-refractivity contribution in [3.8, 4) is 0 Å². The molecule has 1 aromatic carbocycles.